The lowest BCUT2D eigenvalue weighted by atomic mass is 9.92. The van der Waals surface area contributed by atoms with Gasteiger partial charge in [0.1, 0.15) is 11.5 Å². The lowest BCUT2D eigenvalue weighted by molar-refractivity contribution is 0.110. The Balaban J connectivity index is 1.91. The van der Waals surface area contributed by atoms with Crippen LogP contribution in [0, 0.1) is 5.92 Å². The Hall–Kier alpha value is -2.54. The fourth-order valence-corrected chi connectivity index (χ4v) is 3.41. The number of benzene rings is 1. The number of nitrogens with zero attached hydrogens (tertiary/aromatic N) is 2. The van der Waals surface area contributed by atoms with E-state index in [4.69, 9.17) is 5.73 Å². The zero-order chi connectivity index (χ0) is 18.0. The molecule has 0 spiro atoms. The molecule has 7 nitrogen and oxygen atoms in total. The maximum atomic E-state index is 12.3. The zero-order valence-electron chi connectivity index (χ0n) is 14.3. The Kier molecular flexibility index (Phi) is 4.94. The highest BCUT2D eigenvalue weighted by atomic mass is 16.3. The van der Waals surface area contributed by atoms with Gasteiger partial charge in [-0.1, -0.05) is 30.3 Å². The van der Waals surface area contributed by atoms with Crippen LogP contribution in [0.25, 0.3) is 0 Å². The van der Waals surface area contributed by atoms with Crippen LogP contribution in [-0.4, -0.2) is 33.9 Å². The SMILES string of the molecule is CC(O)C1CCN(c2c(N)n(Cc3ccccc3)c(=O)[nH]c2=O)CC1. The number of nitrogens with one attached hydrogen (secondary N) is 1. The summed E-state index contributed by atoms with van der Waals surface area (Å²) in [6, 6.07) is 9.50. The van der Waals surface area contributed by atoms with Crippen molar-refractivity contribution in [3.8, 4) is 0 Å². The van der Waals surface area contributed by atoms with Crippen LogP contribution in [0.4, 0.5) is 11.5 Å². The standard InChI is InChI=1S/C18H24N4O3/c1-12(23)14-7-9-21(10-8-14)15-16(19)22(18(25)20-17(15)24)11-13-5-3-2-4-6-13/h2-6,12,14,23H,7-11,19H2,1H3,(H,20,24,25). The molecule has 1 fully saturated rings. The van der Waals surface area contributed by atoms with Crippen molar-refractivity contribution in [2.45, 2.75) is 32.4 Å². The van der Waals surface area contributed by atoms with E-state index < -0.39 is 11.2 Å². The molecule has 0 radical (unpaired) electrons. The molecule has 1 aromatic carbocycles. The molecule has 7 heteroatoms. The van der Waals surface area contributed by atoms with Gasteiger partial charge >= 0.3 is 5.69 Å². The largest absolute Gasteiger partial charge is 0.393 e. The third-order valence-electron chi connectivity index (χ3n) is 4.94. The van der Waals surface area contributed by atoms with Gasteiger partial charge in [0.15, 0.2) is 0 Å². The van der Waals surface area contributed by atoms with Crippen molar-refractivity contribution < 1.29 is 5.11 Å². The number of H-pyrrole nitrogens is 1. The lowest BCUT2D eigenvalue weighted by Crippen LogP contribution is -2.43. The Morgan fingerprint density at radius 1 is 1.24 bits per heavy atom. The second kappa shape index (κ2) is 7.14. The number of nitrogen functional groups attached to an aromatic ring is 1. The zero-order valence-corrected chi connectivity index (χ0v) is 14.3. The summed E-state index contributed by atoms with van der Waals surface area (Å²) in [7, 11) is 0. The maximum absolute atomic E-state index is 12.3. The predicted octanol–water partition coefficient (Wildman–Crippen LogP) is 0.764. The predicted molar refractivity (Wildman–Crippen MR) is 97.9 cm³/mol. The van der Waals surface area contributed by atoms with Gasteiger partial charge in [-0.25, -0.2) is 4.79 Å². The topological polar surface area (TPSA) is 104 Å². The molecule has 0 amide bonds. The maximum Gasteiger partial charge on any atom is 0.330 e. The molecule has 2 aromatic rings. The number of aromatic amines is 1. The highest BCUT2D eigenvalue weighted by molar-refractivity contribution is 5.62. The van der Waals surface area contributed by atoms with E-state index in [9.17, 15) is 14.7 Å². The van der Waals surface area contributed by atoms with Crippen LogP contribution in [0.5, 0.6) is 0 Å². The van der Waals surface area contributed by atoms with E-state index in [1.807, 2.05) is 35.2 Å². The van der Waals surface area contributed by atoms with Crippen molar-refractivity contribution in [3.63, 3.8) is 0 Å². The molecule has 4 N–H and O–H groups in total. The molecule has 1 saturated heterocycles. The monoisotopic (exact) mass is 344 g/mol. The average molecular weight is 344 g/mol. The number of aliphatic hydroxyl groups is 1. The molecule has 1 atom stereocenters. The van der Waals surface area contributed by atoms with Gasteiger partial charge in [-0.3, -0.25) is 14.3 Å². The highest BCUT2D eigenvalue weighted by Crippen LogP contribution is 2.26. The first-order valence-corrected chi connectivity index (χ1v) is 8.57. The number of aliphatic hydroxyl groups excluding tert-OH is 1. The van der Waals surface area contributed by atoms with E-state index in [-0.39, 0.29) is 17.8 Å². The molecule has 3 rings (SSSR count). The van der Waals surface area contributed by atoms with Crippen LogP contribution in [-0.2, 0) is 6.54 Å². The molecule has 1 aliphatic rings. The molecule has 0 bridgehead atoms. The summed E-state index contributed by atoms with van der Waals surface area (Å²) in [5, 5.41) is 9.73. The lowest BCUT2D eigenvalue weighted by Gasteiger charge is -2.34. The fourth-order valence-electron chi connectivity index (χ4n) is 3.41. The fraction of sp³-hybridized carbons (Fsp3) is 0.444. The molecule has 1 aliphatic heterocycles. The van der Waals surface area contributed by atoms with Crippen molar-refractivity contribution in [1.29, 1.82) is 0 Å². The molecular weight excluding hydrogens is 320 g/mol. The number of nitrogens with two attached hydrogens (primary N) is 1. The van der Waals surface area contributed by atoms with Gasteiger partial charge in [0, 0.05) is 13.1 Å². The number of rotatable bonds is 4. The molecule has 1 aromatic heterocycles. The van der Waals surface area contributed by atoms with E-state index in [1.165, 1.54) is 4.57 Å². The minimum absolute atomic E-state index is 0.188. The Morgan fingerprint density at radius 2 is 1.88 bits per heavy atom. The van der Waals surface area contributed by atoms with E-state index >= 15 is 0 Å². The van der Waals surface area contributed by atoms with Gasteiger partial charge in [-0.15, -0.1) is 0 Å². The van der Waals surface area contributed by atoms with Crippen molar-refractivity contribution >= 4 is 11.5 Å². The summed E-state index contributed by atoms with van der Waals surface area (Å²) in [6.07, 6.45) is 1.22. The number of hydrogen-bond donors (Lipinski definition) is 3. The van der Waals surface area contributed by atoms with Gasteiger partial charge in [-0.2, -0.15) is 0 Å². The third-order valence-corrected chi connectivity index (χ3v) is 4.94. The summed E-state index contributed by atoms with van der Waals surface area (Å²) < 4.78 is 1.40. The Bertz CT molecular complexity index is 834. The van der Waals surface area contributed by atoms with Crippen molar-refractivity contribution in [2.24, 2.45) is 5.92 Å². The number of aromatic nitrogens is 2. The summed E-state index contributed by atoms with van der Waals surface area (Å²) in [5.41, 5.74) is 6.53. The number of hydrogen-bond acceptors (Lipinski definition) is 5. The van der Waals surface area contributed by atoms with E-state index in [1.54, 1.807) is 6.92 Å². The van der Waals surface area contributed by atoms with Crippen LogP contribution >= 0.6 is 0 Å². The van der Waals surface area contributed by atoms with Crippen molar-refractivity contribution in [2.75, 3.05) is 23.7 Å². The van der Waals surface area contributed by atoms with Gasteiger partial charge in [0.05, 0.1) is 12.6 Å². The van der Waals surface area contributed by atoms with Gasteiger partial charge < -0.3 is 15.7 Å². The number of piperidine rings is 1. The molecule has 0 aliphatic carbocycles. The van der Waals surface area contributed by atoms with E-state index in [0.29, 0.717) is 25.3 Å². The Morgan fingerprint density at radius 3 is 2.48 bits per heavy atom. The van der Waals surface area contributed by atoms with E-state index in [2.05, 4.69) is 4.98 Å². The van der Waals surface area contributed by atoms with Crippen LogP contribution in [0.3, 0.4) is 0 Å². The van der Waals surface area contributed by atoms with Crippen molar-refractivity contribution in [1.82, 2.24) is 9.55 Å². The minimum Gasteiger partial charge on any atom is -0.393 e. The second-order valence-electron chi connectivity index (χ2n) is 6.63. The van der Waals surface area contributed by atoms with Crippen LogP contribution in [0.15, 0.2) is 39.9 Å². The summed E-state index contributed by atoms with van der Waals surface area (Å²) in [6.45, 7) is 3.36. The van der Waals surface area contributed by atoms with Crippen LogP contribution < -0.4 is 21.9 Å². The van der Waals surface area contributed by atoms with E-state index in [0.717, 1.165) is 18.4 Å². The second-order valence-corrected chi connectivity index (χ2v) is 6.63. The van der Waals surface area contributed by atoms with Crippen LogP contribution in [0.1, 0.15) is 25.3 Å². The van der Waals surface area contributed by atoms with Gasteiger partial charge in [-0.05, 0) is 31.2 Å². The first-order valence-electron chi connectivity index (χ1n) is 8.57. The van der Waals surface area contributed by atoms with Gasteiger partial charge in [0.2, 0.25) is 0 Å². The smallest absolute Gasteiger partial charge is 0.330 e. The highest BCUT2D eigenvalue weighted by Gasteiger charge is 2.26. The van der Waals surface area contributed by atoms with Crippen molar-refractivity contribution in [3.05, 3.63) is 56.7 Å². The average Bonchev–Trinajstić information content (AvgIpc) is 2.60. The minimum atomic E-state index is -0.506. The normalized spacial score (nSPS) is 16.8. The first-order chi connectivity index (χ1) is 12.0. The third kappa shape index (κ3) is 3.61. The molecule has 2 heterocycles. The summed E-state index contributed by atoms with van der Waals surface area (Å²) in [4.78, 5) is 28.8. The summed E-state index contributed by atoms with van der Waals surface area (Å²) in [5.74, 6) is 0.417. The van der Waals surface area contributed by atoms with Crippen LogP contribution in [0.2, 0.25) is 0 Å². The quantitative estimate of drug-likeness (QED) is 0.760. The molecule has 1 unspecified atom stereocenters. The molecular formula is C18H24N4O3. The molecule has 25 heavy (non-hydrogen) atoms. The summed E-state index contributed by atoms with van der Waals surface area (Å²) >= 11 is 0. The molecule has 0 saturated carbocycles. The molecule has 134 valence electrons. The first kappa shape index (κ1) is 17.3. The Labute approximate surface area is 145 Å². The number of anilines is 2. The van der Waals surface area contributed by atoms with Gasteiger partial charge in [0.25, 0.3) is 5.56 Å².